The van der Waals surface area contributed by atoms with Crippen molar-refractivity contribution in [2.75, 3.05) is 24.2 Å². The third-order valence-corrected chi connectivity index (χ3v) is 5.10. The Hall–Kier alpha value is -4.39. The molecule has 160 valence electrons. The summed E-state index contributed by atoms with van der Waals surface area (Å²) in [6.07, 6.45) is 0. The Morgan fingerprint density at radius 2 is 1.56 bits per heavy atom. The van der Waals surface area contributed by atoms with Crippen molar-refractivity contribution >= 4 is 40.4 Å². The highest BCUT2D eigenvalue weighted by Crippen LogP contribution is 2.37. The first-order valence-corrected chi connectivity index (χ1v) is 9.99. The molecule has 1 heterocycles. The highest BCUT2D eigenvalue weighted by Gasteiger charge is 2.28. The van der Waals surface area contributed by atoms with E-state index in [1.807, 2.05) is 54.6 Å². The first-order chi connectivity index (χ1) is 15.4. The van der Waals surface area contributed by atoms with Gasteiger partial charge in [-0.25, -0.2) is 0 Å². The number of nitrogens with zero attached hydrogens (tertiary/aromatic N) is 1. The molecule has 1 aliphatic rings. The smallest absolute Gasteiger partial charge is 0.323 e. The number of carbonyl (C=O) groups is 3. The number of carboxylic acid groups (broad SMARTS) is 1. The minimum Gasteiger partial charge on any atom is -0.480 e. The SMILES string of the molecule is CN(CC(=O)O)C(=O)c1ccc(N/C(=C2\C(=O)Nc3ccccc32)c2ccccc2)cc1. The van der Waals surface area contributed by atoms with E-state index in [1.165, 1.54) is 7.05 Å². The molecule has 3 aromatic rings. The van der Waals surface area contributed by atoms with E-state index in [2.05, 4.69) is 10.6 Å². The van der Waals surface area contributed by atoms with Gasteiger partial charge in [0.25, 0.3) is 11.8 Å². The van der Waals surface area contributed by atoms with Crippen LogP contribution in [0.2, 0.25) is 0 Å². The maximum absolute atomic E-state index is 12.8. The number of hydrogen-bond donors (Lipinski definition) is 3. The second kappa shape index (κ2) is 8.77. The number of carbonyl (C=O) groups excluding carboxylic acids is 2. The number of para-hydroxylation sites is 1. The largest absolute Gasteiger partial charge is 0.480 e. The van der Waals surface area contributed by atoms with Crippen molar-refractivity contribution in [3.63, 3.8) is 0 Å². The van der Waals surface area contributed by atoms with Crippen LogP contribution in [-0.2, 0) is 9.59 Å². The van der Waals surface area contributed by atoms with Gasteiger partial charge in [-0.3, -0.25) is 14.4 Å². The van der Waals surface area contributed by atoms with Crippen LogP contribution in [0.3, 0.4) is 0 Å². The fraction of sp³-hybridized carbons (Fsp3) is 0.0800. The minimum atomic E-state index is -1.08. The third-order valence-electron chi connectivity index (χ3n) is 5.10. The summed E-state index contributed by atoms with van der Waals surface area (Å²) >= 11 is 0. The van der Waals surface area contributed by atoms with Gasteiger partial charge in [-0.2, -0.15) is 0 Å². The molecule has 0 bridgehead atoms. The zero-order chi connectivity index (χ0) is 22.7. The number of anilines is 2. The third kappa shape index (κ3) is 4.22. The molecule has 7 nitrogen and oxygen atoms in total. The van der Waals surface area contributed by atoms with Gasteiger partial charge in [0.2, 0.25) is 0 Å². The number of aliphatic carboxylic acids is 1. The Morgan fingerprint density at radius 1 is 0.906 bits per heavy atom. The lowest BCUT2D eigenvalue weighted by Gasteiger charge is -2.16. The van der Waals surface area contributed by atoms with E-state index in [0.717, 1.165) is 21.7 Å². The first-order valence-electron chi connectivity index (χ1n) is 9.99. The molecular weight excluding hydrogens is 406 g/mol. The molecule has 3 aromatic carbocycles. The first kappa shape index (κ1) is 20.9. The van der Waals surface area contributed by atoms with Gasteiger partial charge in [0.1, 0.15) is 6.54 Å². The molecule has 4 rings (SSSR count). The van der Waals surface area contributed by atoms with E-state index in [4.69, 9.17) is 5.11 Å². The fourth-order valence-electron chi connectivity index (χ4n) is 3.58. The quantitative estimate of drug-likeness (QED) is 0.520. The summed E-state index contributed by atoms with van der Waals surface area (Å²) in [5.41, 5.74) is 4.65. The number of hydrogen-bond acceptors (Lipinski definition) is 4. The molecule has 0 spiro atoms. The number of likely N-dealkylation sites (N-methyl/N-ethyl adjacent to an activating group) is 1. The zero-order valence-electron chi connectivity index (χ0n) is 17.3. The molecule has 7 heteroatoms. The second-order valence-electron chi connectivity index (χ2n) is 7.37. The maximum atomic E-state index is 12.8. The van der Waals surface area contributed by atoms with Crippen molar-refractivity contribution in [1.29, 1.82) is 0 Å². The van der Waals surface area contributed by atoms with Crippen molar-refractivity contribution in [3.05, 3.63) is 95.6 Å². The van der Waals surface area contributed by atoms with Gasteiger partial charge in [-0.1, -0.05) is 48.5 Å². The molecule has 0 saturated heterocycles. The van der Waals surface area contributed by atoms with Crippen LogP contribution in [0.25, 0.3) is 11.3 Å². The Bertz CT molecular complexity index is 1220. The molecule has 0 aliphatic carbocycles. The molecular formula is C25H21N3O4. The topological polar surface area (TPSA) is 98.7 Å². The fourth-order valence-corrected chi connectivity index (χ4v) is 3.58. The van der Waals surface area contributed by atoms with Gasteiger partial charge in [0.05, 0.1) is 11.3 Å². The van der Waals surface area contributed by atoms with E-state index in [1.54, 1.807) is 24.3 Å². The summed E-state index contributed by atoms with van der Waals surface area (Å²) in [4.78, 5) is 37.2. The Kier molecular flexibility index (Phi) is 5.72. The standard InChI is InChI=1S/C25H21N3O4/c1-28(15-21(29)30)25(32)17-11-13-18(14-12-17)26-23(16-7-3-2-4-8-16)22-19-9-5-6-10-20(19)27-24(22)31/h2-14,26H,15H2,1H3,(H,27,31)(H,29,30)/b23-22-. The summed E-state index contributed by atoms with van der Waals surface area (Å²) in [7, 11) is 1.44. The minimum absolute atomic E-state index is 0.195. The van der Waals surface area contributed by atoms with Crippen LogP contribution in [-0.4, -0.2) is 41.4 Å². The van der Waals surface area contributed by atoms with Gasteiger partial charge in [-0.15, -0.1) is 0 Å². The Labute approximate surface area is 185 Å². The van der Waals surface area contributed by atoms with E-state index in [0.29, 0.717) is 22.5 Å². The van der Waals surface area contributed by atoms with Crippen LogP contribution >= 0.6 is 0 Å². The van der Waals surface area contributed by atoms with Crippen molar-refractivity contribution in [2.45, 2.75) is 0 Å². The molecule has 3 N–H and O–H groups in total. The Morgan fingerprint density at radius 3 is 2.25 bits per heavy atom. The average molecular weight is 427 g/mol. The van der Waals surface area contributed by atoms with Crippen molar-refractivity contribution in [3.8, 4) is 0 Å². The number of fused-ring (bicyclic) bond motifs is 1. The lowest BCUT2D eigenvalue weighted by atomic mass is 10.00. The normalized spacial score (nSPS) is 13.7. The summed E-state index contributed by atoms with van der Waals surface area (Å²) in [5.74, 6) is -1.65. The molecule has 0 aromatic heterocycles. The summed E-state index contributed by atoms with van der Waals surface area (Å²) in [6, 6.07) is 23.8. The van der Waals surface area contributed by atoms with E-state index < -0.39 is 5.97 Å². The molecule has 0 saturated carbocycles. The summed E-state index contributed by atoms with van der Waals surface area (Å²) in [6.45, 7) is -0.377. The van der Waals surface area contributed by atoms with Crippen LogP contribution in [0, 0.1) is 0 Å². The Balaban J connectivity index is 1.69. The van der Waals surface area contributed by atoms with Crippen LogP contribution in [0.4, 0.5) is 11.4 Å². The van der Waals surface area contributed by atoms with Gasteiger partial charge in [0.15, 0.2) is 0 Å². The monoisotopic (exact) mass is 427 g/mol. The summed E-state index contributed by atoms with van der Waals surface area (Å²) < 4.78 is 0. The van der Waals surface area contributed by atoms with Crippen LogP contribution in [0.1, 0.15) is 21.5 Å². The van der Waals surface area contributed by atoms with Gasteiger partial charge < -0.3 is 20.6 Å². The van der Waals surface area contributed by atoms with E-state index in [-0.39, 0.29) is 18.4 Å². The van der Waals surface area contributed by atoms with Crippen molar-refractivity contribution < 1.29 is 19.5 Å². The van der Waals surface area contributed by atoms with E-state index >= 15 is 0 Å². The highest BCUT2D eigenvalue weighted by atomic mass is 16.4. The number of rotatable bonds is 6. The van der Waals surface area contributed by atoms with Crippen LogP contribution < -0.4 is 10.6 Å². The maximum Gasteiger partial charge on any atom is 0.323 e. The average Bonchev–Trinajstić information content (AvgIpc) is 3.13. The van der Waals surface area contributed by atoms with Gasteiger partial charge >= 0.3 is 5.97 Å². The molecule has 0 atom stereocenters. The number of amides is 2. The molecule has 0 radical (unpaired) electrons. The van der Waals surface area contributed by atoms with Crippen molar-refractivity contribution in [1.82, 2.24) is 4.90 Å². The lowest BCUT2D eigenvalue weighted by molar-refractivity contribution is -0.137. The molecule has 2 amide bonds. The highest BCUT2D eigenvalue weighted by molar-refractivity contribution is 6.37. The predicted molar refractivity (Wildman–Crippen MR) is 123 cm³/mol. The molecule has 0 unspecified atom stereocenters. The summed E-state index contributed by atoms with van der Waals surface area (Å²) in [5, 5.41) is 15.1. The molecule has 32 heavy (non-hydrogen) atoms. The predicted octanol–water partition coefficient (Wildman–Crippen LogP) is 3.78. The zero-order valence-corrected chi connectivity index (χ0v) is 17.3. The number of carboxylic acids is 1. The molecule has 0 fully saturated rings. The molecule has 1 aliphatic heterocycles. The second-order valence-corrected chi connectivity index (χ2v) is 7.37. The van der Waals surface area contributed by atoms with Gasteiger partial charge in [0, 0.05) is 29.5 Å². The number of nitrogens with one attached hydrogen (secondary N) is 2. The van der Waals surface area contributed by atoms with Crippen LogP contribution in [0.5, 0.6) is 0 Å². The van der Waals surface area contributed by atoms with Crippen molar-refractivity contribution in [2.24, 2.45) is 0 Å². The van der Waals surface area contributed by atoms with Crippen LogP contribution in [0.15, 0.2) is 78.9 Å². The van der Waals surface area contributed by atoms with Gasteiger partial charge in [-0.05, 0) is 35.9 Å². The lowest BCUT2D eigenvalue weighted by Crippen LogP contribution is -2.31. The van der Waals surface area contributed by atoms with E-state index in [9.17, 15) is 14.4 Å². The number of benzene rings is 3.